The number of guanidine groups is 1. The molecule has 3 N–H and O–H groups in total. The normalized spacial score (nSPS) is 26.6. The van der Waals surface area contributed by atoms with Crippen molar-refractivity contribution < 1.29 is 0 Å². The summed E-state index contributed by atoms with van der Waals surface area (Å²) in [5, 5.41) is 3.43. The number of aliphatic imine (C=N–C) groups is 1. The quantitative estimate of drug-likeness (QED) is 0.462. The van der Waals surface area contributed by atoms with Gasteiger partial charge in [-0.1, -0.05) is 32.6 Å². The van der Waals surface area contributed by atoms with Crippen molar-refractivity contribution >= 4 is 5.96 Å². The minimum atomic E-state index is 0.557. The number of rotatable bonds is 5. The Bertz CT molecular complexity index is 295. The summed E-state index contributed by atoms with van der Waals surface area (Å²) in [5.41, 5.74) is 6.05. The van der Waals surface area contributed by atoms with Gasteiger partial charge in [0.05, 0.1) is 0 Å². The number of hydrogen-bond acceptors (Lipinski definition) is 2. The molecule has 2 fully saturated rings. The van der Waals surface area contributed by atoms with Gasteiger partial charge in [-0.2, -0.15) is 0 Å². The highest BCUT2D eigenvalue weighted by molar-refractivity contribution is 5.78. The maximum Gasteiger partial charge on any atom is 0.188 e. The highest BCUT2D eigenvalue weighted by Gasteiger charge is 2.21. The van der Waals surface area contributed by atoms with Gasteiger partial charge in [0.15, 0.2) is 5.96 Å². The Balaban J connectivity index is 1.68. The van der Waals surface area contributed by atoms with Crippen molar-refractivity contribution in [1.82, 2.24) is 10.2 Å². The fraction of sp³-hybridized carbons (Fsp3) is 0.938. The molecule has 2 rings (SSSR count). The summed E-state index contributed by atoms with van der Waals surface area (Å²) < 4.78 is 0. The van der Waals surface area contributed by atoms with E-state index in [1.807, 2.05) is 0 Å². The molecule has 20 heavy (non-hydrogen) atoms. The standard InChI is InChI=1S/C16H32N4/c1-2-10-20-11-9-14(13-20)12-18-16(17)19-15-7-5-3-4-6-8-15/h14-15H,2-13H2,1H3,(H3,17,18,19). The second kappa shape index (κ2) is 8.50. The summed E-state index contributed by atoms with van der Waals surface area (Å²) in [6.07, 6.45) is 10.5. The van der Waals surface area contributed by atoms with Crippen LogP contribution in [0.3, 0.4) is 0 Å². The van der Waals surface area contributed by atoms with Gasteiger partial charge < -0.3 is 16.0 Å². The van der Waals surface area contributed by atoms with Crippen molar-refractivity contribution in [3.63, 3.8) is 0 Å². The van der Waals surface area contributed by atoms with Crippen molar-refractivity contribution in [1.29, 1.82) is 0 Å². The molecule has 0 bridgehead atoms. The van der Waals surface area contributed by atoms with Crippen molar-refractivity contribution in [2.45, 2.75) is 64.3 Å². The van der Waals surface area contributed by atoms with Gasteiger partial charge in [-0.15, -0.1) is 0 Å². The molecular formula is C16H32N4. The molecule has 116 valence electrons. The Labute approximate surface area is 124 Å². The second-order valence-electron chi connectivity index (χ2n) is 6.51. The van der Waals surface area contributed by atoms with E-state index in [4.69, 9.17) is 5.73 Å². The van der Waals surface area contributed by atoms with Crippen molar-refractivity contribution in [2.24, 2.45) is 16.6 Å². The van der Waals surface area contributed by atoms with Gasteiger partial charge in [0.1, 0.15) is 0 Å². The zero-order valence-corrected chi connectivity index (χ0v) is 13.1. The molecule has 1 atom stereocenters. The molecule has 2 aliphatic rings. The zero-order valence-electron chi connectivity index (χ0n) is 13.1. The van der Waals surface area contributed by atoms with Crippen LogP contribution < -0.4 is 11.1 Å². The van der Waals surface area contributed by atoms with Gasteiger partial charge in [0.2, 0.25) is 0 Å². The van der Waals surface area contributed by atoms with Crippen LogP contribution in [0.15, 0.2) is 4.99 Å². The molecule has 1 heterocycles. The number of nitrogens with two attached hydrogens (primary N) is 1. The minimum Gasteiger partial charge on any atom is -0.370 e. The van der Waals surface area contributed by atoms with E-state index >= 15 is 0 Å². The lowest BCUT2D eigenvalue weighted by molar-refractivity contribution is 0.326. The number of nitrogens with zero attached hydrogens (tertiary/aromatic N) is 2. The summed E-state index contributed by atoms with van der Waals surface area (Å²) in [7, 11) is 0. The SMILES string of the molecule is CCCN1CCC(CN=C(N)NC2CCCCCC2)C1. The van der Waals surface area contributed by atoms with E-state index in [0.29, 0.717) is 17.9 Å². The lowest BCUT2D eigenvalue weighted by Gasteiger charge is -2.17. The zero-order chi connectivity index (χ0) is 14.2. The molecule has 0 aromatic carbocycles. The van der Waals surface area contributed by atoms with Crippen LogP contribution in [-0.2, 0) is 0 Å². The van der Waals surface area contributed by atoms with Crippen molar-refractivity contribution in [3.05, 3.63) is 0 Å². The maximum absolute atomic E-state index is 6.05. The lowest BCUT2D eigenvalue weighted by Crippen LogP contribution is -2.40. The summed E-state index contributed by atoms with van der Waals surface area (Å²) in [4.78, 5) is 7.13. The van der Waals surface area contributed by atoms with Gasteiger partial charge in [-0.25, -0.2) is 0 Å². The molecule has 0 amide bonds. The Kier molecular flexibility index (Phi) is 6.64. The summed E-state index contributed by atoms with van der Waals surface area (Å²) in [5.74, 6) is 1.38. The second-order valence-corrected chi connectivity index (χ2v) is 6.51. The van der Waals surface area contributed by atoms with E-state index in [-0.39, 0.29) is 0 Å². The minimum absolute atomic E-state index is 0.557. The van der Waals surface area contributed by atoms with Crippen LogP contribution in [0.4, 0.5) is 0 Å². The average molecular weight is 280 g/mol. The van der Waals surface area contributed by atoms with Crippen LogP contribution in [0.5, 0.6) is 0 Å². The molecule has 4 heteroatoms. The Morgan fingerprint density at radius 3 is 2.65 bits per heavy atom. The van der Waals surface area contributed by atoms with Crippen LogP contribution >= 0.6 is 0 Å². The van der Waals surface area contributed by atoms with Crippen LogP contribution in [0.2, 0.25) is 0 Å². The van der Waals surface area contributed by atoms with Crippen molar-refractivity contribution in [3.8, 4) is 0 Å². The smallest absolute Gasteiger partial charge is 0.188 e. The molecule has 0 aromatic rings. The fourth-order valence-electron chi connectivity index (χ4n) is 3.49. The van der Waals surface area contributed by atoms with E-state index in [1.165, 1.54) is 71.0 Å². The van der Waals surface area contributed by atoms with Crippen LogP contribution in [-0.4, -0.2) is 43.1 Å². The molecule has 0 radical (unpaired) electrons. The van der Waals surface area contributed by atoms with Crippen LogP contribution in [0, 0.1) is 5.92 Å². The molecule has 0 spiro atoms. The molecule has 1 saturated heterocycles. The number of likely N-dealkylation sites (tertiary alicyclic amines) is 1. The largest absolute Gasteiger partial charge is 0.370 e. The highest BCUT2D eigenvalue weighted by Crippen LogP contribution is 2.18. The molecular weight excluding hydrogens is 248 g/mol. The third-order valence-corrected chi connectivity index (χ3v) is 4.64. The average Bonchev–Trinajstić information content (AvgIpc) is 2.72. The Morgan fingerprint density at radius 1 is 1.20 bits per heavy atom. The molecule has 0 aromatic heterocycles. The maximum atomic E-state index is 6.05. The van der Waals surface area contributed by atoms with Gasteiger partial charge in [-0.3, -0.25) is 4.99 Å². The molecule has 1 aliphatic carbocycles. The first kappa shape index (κ1) is 15.6. The lowest BCUT2D eigenvalue weighted by atomic mass is 10.1. The fourth-order valence-corrected chi connectivity index (χ4v) is 3.49. The van der Waals surface area contributed by atoms with E-state index in [9.17, 15) is 0 Å². The molecule has 1 aliphatic heterocycles. The first-order chi connectivity index (χ1) is 9.78. The van der Waals surface area contributed by atoms with Gasteiger partial charge in [-0.05, 0) is 44.7 Å². The van der Waals surface area contributed by atoms with Crippen LogP contribution in [0.1, 0.15) is 58.3 Å². The highest BCUT2D eigenvalue weighted by atomic mass is 15.2. The van der Waals surface area contributed by atoms with Crippen LogP contribution in [0.25, 0.3) is 0 Å². The Hall–Kier alpha value is -0.770. The molecule has 4 nitrogen and oxygen atoms in total. The predicted molar refractivity (Wildman–Crippen MR) is 86.0 cm³/mol. The summed E-state index contributed by atoms with van der Waals surface area (Å²) >= 11 is 0. The van der Waals surface area contributed by atoms with E-state index in [0.717, 1.165) is 6.54 Å². The van der Waals surface area contributed by atoms with Gasteiger partial charge >= 0.3 is 0 Å². The summed E-state index contributed by atoms with van der Waals surface area (Å²) in [6.45, 7) is 6.82. The topological polar surface area (TPSA) is 53.6 Å². The first-order valence-corrected chi connectivity index (χ1v) is 8.56. The predicted octanol–water partition coefficient (Wildman–Crippen LogP) is 2.35. The van der Waals surface area contributed by atoms with E-state index < -0.39 is 0 Å². The number of nitrogens with one attached hydrogen (secondary N) is 1. The third-order valence-electron chi connectivity index (χ3n) is 4.64. The van der Waals surface area contributed by atoms with Crippen molar-refractivity contribution in [2.75, 3.05) is 26.2 Å². The molecule has 1 saturated carbocycles. The molecule has 1 unspecified atom stereocenters. The van der Waals surface area contributed by atoms with Gasteiger partial charge in [0, 0.05) is 19.1 Å². The Morgan fingerprint density at radius 2 is 1.95 bits per heavy atom. The summed E-state index contributed by atoms with van der Waals surface area (Å²) in [6, 6.07) is 0.557. The van der Waals surface area contributed by atoms with Gasteiger partial charge in [0.25, 0.3) is 0 Å². The monoisotopic (exact) mass is 280 g/mol. The first-order valence-electron chi connectivity index (χ1n) is 8.56. The number of hydrogen-bond donors (Lipinski definition) is 2. The third kappa shape index (κ3) is 5.31. The van der Waals surface area contributed by atoms with E-state index in [2.05, 4.69) is 22.1 Å². The van der Waals surface area contributed by atoms with E-state index in [1.54, 1.807) is 0 Å².